The van der Waals surface area contributed by atoms with Gasteiger partial charge in [0, 0.05) is 10.7 Å². The molecule has 2 N–H and O–H groups in total. The summed E-state index contributed by atoms with van der Waals surface area (Å²) >= 11 is 5.76. The van der Waals surface area contributed by atoms with Crippen molar-refractivity contribution >= 4 is 23.3 Å². The second-order valence-corrected chi connectivity index (χ2v) is 4.41. The van der Waals surface area contributed by atoms with E-state index in [-0.39, 0.29) is 5.82 Å². The minimum atomic E-state index is -1.02. The predicted octanol–water partition coefficient (Wildman–Crippen LogP) is 3.72. The Labute approximate surface area is 114 Å². The number of hydrogen-bond donors (Lipinski definition) is 2. The number of nitrogens with one attached hydrogen (secondary N) is 1. The van der Waals surface area contributed by atoms with Crippen LogP contribution in [0, 0.1) is 5.82 Å². The van der Waals surface area contributed by atoms with Crippen molar-refractivity contribution < 1.29 is 14.3 Å². The van der Waals surface area contributed by atoms with Gasteiger partial charge in [-0.15, -0.1) is 0 Å². The van der Waals surface area contributed by atoms with Crippen molar-refractivity contribution in [1.82, 2.24) is 0 Å². The molecule has 0 heterocycles. The third-order valence-corrected chi connectivity index (χ3v) is 2.86. The number of carboxylic acids is 1. The number of aliphatic carboxylic acids is 1. The normalized spacial score (nSPS) is 11.9. The number of rotatable bonds is 4. The van der Waals surface area contributed by atoms with E-state index in [1.54, 1.807) is 24.3 Å². The Morgan fingerprint density at radius 2 is 1.68 bits per heavy atom. The highest BCUT2D eigenvalue weighted by molar-refractivity contribution is 6.30. The largest absolute Gasteiger partial charge is 0.479 e. The summed E-state index contributed by atoms with van der Waals surface area (Å²) < 4.78 is 12.8. The van der Waals surface area contributed by atoms with Crippen LogP contribution in [-0.4, -0.2) is 11.1 Å². The van der Waals surface area contributed by atoms with Crippen molar-refractivity contribution in [3.63, 3.8) is 0 Å². The molecule has 3 nitrogen and oxygen atoms in total. The first kappa shape index (κ1) is 13.4. The van der Waals surface area contributed by atoms with Crippen LogP contribution in [0.4, 0.5) is 10.1 Å². The molecule has 1 unspecified atom stereocenters. The molecule has 0 saturated heterocycles. The lowest BCUT2D eigenvalue weighted by atomic mass is 10.1. The van der Waals surface area contributed by atoms with Crippen LogP contribution in [0.15, 0.2) is 48.5 Å². The van der Waals surface area contributed by atoms with Crippen LogP contribution in [-0.2, 0) is 4.79 Å². The van der Waals surface area contributed by atoms with Crippen LogP contribution in [0.2, 0.25) is 5.02 Å². The van der Waals surface area contributed by atoms with Crippen LogP contribution in [0.3, 0.4) is 0 Å². The second-order valence-electron chi connectivity index (χ2n) is 3.97. The zero-order chi connectivity index (χ0) is 13.8. The van der Waals surface area contributed by atoms with Crippen molar-refractivity contribution in [2.24, 2.45) is 0 Å². The highest BCUT2D eigenvalue weighted by Gasteiger charge is 2.19. The van der Waals surface area contributed by atoms with Crippen LogP contribution in [0.1, 0.15) is 11.6 Å². The number of benzene rings is 2. The van der Waals surface area contributed by atoms with Crippen LogP contribution >= 0.6 is 11.6 Å². The Kier molecular flexibility index (Phi) is 4.02. The summed E-state index contributed by atoms with van der Waals surface area (Å²) in [6.07, 6.45) is 0. The molecule has 0 aliphatic heterocycles. The quantitative estimate of drug-likeness (QED) is 0.897. The molecule has 98 valence electrons. The molecule has 19 heavy (non-hydrogen) atoms. The number of carboxylic acid groups (broad SMARTS) is 1. The third kappa shape index (κ3) is 3.45. The first-order valence-corrected chi connectivity index (χ1v) is 5.94. The van der Waals surface area contributed by atoms with Crippen LogP contribution in [0.5, 0.6) is 0 Å². The first-order chi connectivity index (χ1) is 9.06. The van der Waals surface area contributed by atoms with Gasteiger partial charge in [-0.1, -0.05) is 23.7 Å². The van der Waals surface area contributed by atoms with Gasteiger partial charge in [0.15, 0.2) is 6.04 Å². The summed E-state index contributed by atoms with van der Waals surface area (Å²) in [5.74, 6) is -1.39. The zero-order valence-corrected chi connectivity index (χ0v) is 10.6. The Bertz CT molecular complexity index is 569. The number of hydrogen-bond acceptors (Lipinski definition) is 2. The van der Waals surface area contributed by atoms with Crippen molar-refractivity contribution in [3.05, 3.63) is 64.9 Å². The molecular weight excluding hydrogens is 269 g/mol. The SMILES string of the molecule is O=C(O)C(Nc1ccc(F)cc1)c1ccc(Cl)cc1. The molecule has 0 fully saturated rings. The lowest BCUT2D eigenvalue weighted by molar-refractivity contribution is -0.138. The molecule has 5 heteroatoms. The Balaban J connectivity index is 2.23. The van der Waals surface area contributed by atoms with E-state index in [2.05, 4.69) is 5.32 Å². The summed E-state index contributed by atoms with van der Waals surface area (Å²) in [7, 11) is 0. The average molecular weight is 280 g/mol. The van der Waals surface area contributed by atoms with Crippen molar-refractivity contribution in [2.75, 3.05) is 5.32 Å². The summed E-state index contributed by atoms with van der Waals surface area (Å²) in [5.41, 5.74) is 1.10. The van der Waals surface area contributed by atoms with E-state index in [1.165, 1.54) is 24.3 Å². The highest BCUT2D eigenvalue weighted by atomic mass is 35.5. The zero-order valence-electron chi connectivity index (χ0n) is 9.81. The minimum absolute atomic E-state index is 0.371. The monoisotopic (exact) mass is 279 g/mol. The van der Waals surface area contributed by atoms with Crippen molar-refractivity contribution in [2.45, 2.75) is 6.04 Å². The standard InChI is InChI=1S/C14H11ClFNO2/c15-10-3-1-9(2-4-10)13(14(18)19)17-12-7-5-11(16)6-8-12/h1-8,13,17H,(H,18,19). The van der Waals surface area contributed by atoms with E-state index in [0.717, 1.165) is 0 Å². The lowest BCUT2D eigenvalue weighted by Crippen LogP contribution is -2.20. The fourth-order valence-corrected chi connectivity index (χ4v) is 1.78. The highest BCUT2D eigenvalue weighted by Crippen LogP contribution is 2.21. The maximum Gasteiger partial charge on any atom is 0.330 e. The second kappa shape index (κ2) is 5.71. The fraction of sp³-hybridized carbons (Fsp3) is 0.0714. The van der Waals surface area contributed by atoms with E-state index in [0.29, 0.717) is 16.3 Å². The van der Waals surface area contributed by atoms with Gasteiger partial charge in [-0.2, -0.15) is 0 Å². The van der Waals surface area contributed by atoms with Crippen molar-refractivity contribution in [3.8, 4) is 0 Å². The van der Waals surface area contributed by atoms with Gasteiger partial charge in [0.1, 0.15) is 5.82 Å². The van der Waals surface area contributed by atoms with E-state index < -0.39 is 12.0 Å². The van der Waals surface area contributed by atoms with Gasteiger partial charge in [0.2, 0.25) is 0 Å². The van der Waals surface area contributed by atoms with Gasteiger partial charge in [0.25, 0.3) is 0 Å². The maximum atomic E-state index is 12.8. The smallest absolute Gasteiger partial charge is 0.330 e. The average Bonchev–Trinajstić information content (AvgIpc) is 2.39. The van der Waals surface area contributed by atoms with Gasteiger partial charge >= 0.3 is 5.97 Å². The Hall–Kier alpha value is -2.07. The van der Waals surface area contributed by atoms with Gasteiger partial charge in [-0.05, 0) is 42.0 Å². The summed E-state index contributed by atoms with van der Waals surface area (Å²) in [4.78, 5) is 11.3. The molecule has 2 rings (SSSR count). The molecule has 0 saturated carbocycles. The molecule has 2 aromatic carbocycles. The molecule has 0 spiro atoms. The molecule has 0 aromatic heterocycles. The van der Waals surface area contributed by atoms with Crippen molar-refractivity contribution in [1.29, 1.82) is 0 Å². The number of anilines is 1. The molecule has 1 atom stereocenters. The molecule has 0 radical (unpaired) electrons. The molecule has 0 amide bonds. The summed E-state index contributed by atoms with van der Waals surface area (Å²) in [6, 6.07) is 11.1. The summed E-state index contributed by atoms with van der Waals surface area (Å²) in [6.45, 7) is 0. The van der Waals surface area contributed by atoms with E-state index >= 15 is 0 Å². The molecule has 0 bridgehead atoms. The fourth-order valence-electron chi connectivity index (χ4n) is 1.66. The first-order valence-electron chi connectivity index (χ1n) is 5.56. The predicted molar refractivity (Wildman–Crippen MR) is 71.9 cm³/mol. The Morgan fingerprint density at radius 3 is 2.21 bits per heavy atom. The molecule has 0 aliphatic carbocycles. The maximum absolute atomic E-state index is 12.8. The van der Waals surface area contributed by atoms with Gasteiger partial charge in [0.05, 0.1) is 0 Å². The molecular formula is C14H11ClFNO2. The van der Waals surface area contributed by atoms with E-state index in [4.69, 9.17) is 11.6 Å². The van der Waals surface area contributed by atoms with E-state index in [9.17, 15) is 14.3 Å². The Morgan fingerprint density at radius 1 is 1.11 bits per heavy atom. The molecule has 2 aromatic rings. The van der Waals surface area contributed by atoms with Crippen LogP contribution in [0.25, 0.3) is 0 Å². The van der Waals surface area contributed by atoms with Gasteiger partial charge in [-0.25, -0.2) is 9.18 Å². The topological polar surface area (TPSA) is 49.3 Å². The number of carbonyl (C=O) groups is 1. The van der Waals surface area contributed by atoms with Crippen LogP contribution < -0.4 is 5.32 Å². The van der Waals surface area contributed by atoms with E-state index in [1.807, 2.05) is 0 Å². The van der Waals surface area contributed by atoms with Gasteiger partial charge in [-0.3, -0.25) is 0 Å². The summed E-state index contributed by atoms with van der Waals surface area (Å²) in [5, 5.41) is 12.6. The minimum Gasteiger partial charge on any atom is -0.479 e. The van der Waals surface area contributed by atoms with Gasteiger partial charge < -0.3 is 10.4 Å². The number of halogens is 2. The third-order valence-electron chi connectivity index (χ3n) is 2.61. The lowest BCUT2D eigenvalue weighted by Gasteiger charge is -2.16. The molecule has 0 aliphatic rings.